The van der Waals surface area contributed by atoms with Gasteiger partial charge in [-0.2, -0.15) is 0 Å². The Bertz CT molecular complexity index is 1050. The number of nitro benzene ring substituents is 1. The fourth-order valence-corrected chi connectivity index (χ4v) is 5.68. The molecule has 3 aliphatic heterocycles. The predicted octanol–water partition coefficient (Wildman–Crippen LogP) is 1.89. The van der Waals surface area contributed by atoms with Gasteiger partial charge >= 0.3 is 0 Å². The molecule has 0 N–H and O–H groups in total. The fraction of sp³-hybridized carbons (Fsp3) is 0.524. The van der Waals surface area contributed by atoms with E-state index in [0.717, 1.165) is 31.5 Å². The number of aromatic nitrogens is 2. The first-order valence-corrected chi connectivity index (χ1v) is 12.0. The second-order valence-corrected chi connectivity index (χ2v) is 9.39. The topological polar surface area (TPSA) is 116 Å². The van der Waals surface area contributed by atoms with Crippen LogP contribution in [-0.2, 0) is 9.59 Å². The molecule has 33 heavy (non-hydrogen) atoms. The van der Waals surface area contributed by atoms with E-state index >= 15 is 0 Å². The second-order valence-electron chi connectivity index (χ2n) is 8.45. The Morgan fingerprint density at radius 3 is 2.39 bits per heavy atom. The Morgan fingerprint density at radius 2 is 1.73 bits per heavy atom. The van der Waals surface area contributed by atoms with Crippen molar-refractivity contribution >= 4 is 44.8 Å². The highest BCUT2D eigenvalue weighted by atomic mass is 32.1. The summed E-state index contributed by atoms with van der Waals surface area (Å²) in [6.07, 6.45) is 3.08. The normalized spacial score (nSPS) is 21.2. The summed E-state index contributed by atoms with van der Waals surface area (Å²) in [6, 6.07) is 6.27. The zero-order valence-electron chi connectivity index (χ0n) is 18.1. The van der Waals surface area contributed by atoms with Gasteiger partial charge in [-0.05, 0) is 31.4 Å². The number of rotatable bonds is 5. The zero-order valence-corrected chi connectivity index (χ0v) is 18.9. The number of piperazine rings is 1. The third kappa shape index (κ3) is 4.22. The lowest BCUT2D eigenvalue weighted by molar-refractivity contribution is -0.384. The number of anilines is 3. The Kier molecular flexibility index (Phi) is 5.83. The van der Waals surface area contributed by atoms with E-state index in [-0.39, 0.29) is 23.5 Å². The number of amides is 2. The summed E-state index contributed by atoms with van der Waals surface area (Å²) >= 11 is 1.38. The van der Waals surface area contributed by atoms with Gasteiger partial charge in [-0.1, -0.05) is 11.3 Å². The van der Waals surface area contributed by atoms with Crippen molar-refractivity contribution in [1.82, 2.24) is 15.1 Å². The highest BCUT2D eigenvalue weighted by Gasteiger charge is 2.37. The number of hydrogen-bond acceptors (Lipinski definition) is 9. The van der Waals surface area contributed by atoms with Crippen molar-refractivity contribution in [2.75, 3.05) is 54.0 Å². The van der Waals surface area contributed by atoms with Crippen molar-refractivity contribution in [2.45, 2.75) is 31.7 Å². The van der Waals surface area contributed by atoms with Gasteiger partial charge in [0.15, 0.2) is 0 Å². The van der Waals surface area contributed by atoms with E-state index in [2.05, 4.69) is 15.1 Å². The van der Waals surface area contributed by atoms with Gasteiger partial charge in [0, 0.05) is 63.5 Å². The van der Waals surface area contributed by atoms with Gasteiger partial charge in [-0.3, -0.25) is 24.6 Å². The molecule has 0 spiro atoms. The molecule has 1 aromatic carbocycles. The standard InChI is InChI=1S/C21H25N7O4S/c29-18-4-2-10-27(18)21-23-22-20(33-21)26-9-1-3-17(26)19(30)25-13-11-24(12-14-25)15-5-7-16(8-6-15)28(31)32/h5-8,17H,1-4,9-14H2. The van der Waals surface area contributed by atoms with Gasteiger partial charge in [-0.15, -0.1) is 10.2 Å². The number of carbonyl (C=O) groups is 2. The summed E-state index contributed by atoms with van der Waals surface area (Å²) < 4.78 is 0. The maximum atomic E-state index is 13.3. The summed E-state index contributed by atoms with van der Waals surface area (Å²) in [5.74, 6) is 0.183. The average molecular weight is 472 g/mol. The average Bonchev–Trinajstić information content (AvgIpc) is 3.59. The monoisotopic (exact) mass is 471 g/mol. The van der Waals surface area contributed by atoms with Crippen molar-refractivity contribution in [1.29, 1.82) is 0 Å². The van der Waals surface area contributed by atoms with Gasteiger partial charge in [0.05, 0.1) is 4.92 Å². The van der Waals surface area contributed by atoms with Crippen LogP contribution in [0, 0.1) is 10.1 Å². The molecule has 4 heterocycles. The second kappa shape index (κ2) is 8.93. The molecule has 174 valence electrons. The number of carbonyl (C=O) groups excluding carboxylic acids is 2. The van der Waals surface area contributed by atoms with Crippen LogP contribution in [0.3, 0.4) is 0 Å². The third-order valence-electron chi connectivity index (χ3n) is 6.51. The smallest absolute Gasteiger partial charge is 0.269 e. The molecule has 0 aliphatic carbocycles. The maximum absolute atomic E-state index is 13.3. The molecule has 1 atom stereocenters. The molecule has 5 rings (SSSR count). The van der Waals surface area contributed by atoms with Gasteiger partial charge in [0.25, 0.3) is 5.69 Å². The van der Waals surface area contributed by atoms with E-state index in [9.17, 15) is 19.7 Å². The third-order valence-corrected chi connectivity index (χ3v) is 7.49. The number of non-ortho nitro benzene ring substituents is 1. The Balaban J connectivity index is 1.21. The number of nitrogens with zero attached hydrogens (tertiary/aromatic N) is 7. The lowest BCUT2D eigenvalue weighted by atomic mass is 10.1. The molecule has 3 fully saturated rings. The van der Waals surface area contributed by atoms with Crippen molar-refractivity contribution in [3.05, 3.63) is 34.4 Å². The lowest BCUT2D eigenvalue weighted by Crippen LogP contribution is -2.53. The van der Waals surface area contributed by atoms with Gasteiger partial charge in [0.2, 0.25) is 22.1 Å². The first kappa shape index (κ1) is 21.6. The quantitative estimate of drug-likeness (QED) is 0.480. The summed E-state index contributed by atoms with van der Waals surface area (Å²) in [5, 5.41) is 20.7. The van der Waals surface area contributed by atoms with Gasteiger partial charge in [-0.25, -0.2) is 0 Å². The lowest BCUT2D eigenvalue weighted by Gasteiger charge is -2.38. The van der Waals surface area contributed by atoms with E-state index in [0.29, 0.717) is 49.4 Å². The summed E-state index contributed by atoms with van der Waals surface area (Å²) in [4.78, 5) is 43.6. The molecule has 11 nitrogen and oxygen atoms in total. The molecule has 0 saturated carbocycles. The molecule has 3 aliphatic rings. The minimum absolute atomic E-state index is 0.0721. The van der Waals surface area contributed by atoms with Crippen LogP contribution in [0.1, 0.15) is 25.7 Å². The van der Waals surface area contributed by atoms with Crippen LogP contribution in [-0.4, -0.2) is 77.1 Å². The summed E-state index contributed by atoms with van der Waals surface area (Å²) in [6.45, 7) is 3.98. The molecule has 12 heteroatoms. The zero-order chi connectivity index (χ0) is 22.9. The number of benzene rings is 1. The Hall–Kier alpha value is -3.28. The minimum Gasteiger partial charge on any atom is -0.368 e. The van der Waals surface area contributed by atoms with Crippen molar-refractivity contribution in [2.24, 2.45) is 0 Å². The predicted molar refractivity (Wildman–Crippen MR) is 124 cm³/mol. The number of hydrogen-bond donors (Lipinski definition) is 0. The first-order valence-electron chi connectivity index (χ1n) is 11.2. The molecular formula is C21H25N7O4S. The molecule has 1 aromatic heterocycles. The molecule has 0 radical (unpaired) electrons. The van der Waals surface area contributed by atoms with Crippen LogP contribution >= 0.6 is 11.3 Å². The summed E-state index contributed by atoms with van der Waals surface area (Å²) in [7, 11) is 0. The number of nitro groups is 1. The van der Waals surface area contributed by atoms with Crippen molar-refractivity contribution < 1.29 is 14.5 Å². The van der Waals surface area contributed by atoms with Gasteiger partial charge in [0.1, 0.15) is 6.04 Å². The first-order chi connectivity index (χ1) is 16.0. The van der Waals surface area contributed by atoms with Gasteiger partial charge < -0.3 is 14.7 Å². The van der Waals surface area contributed by atoms with Crippen molar-refractivity contribution in [3.63, 3.8) is 0 Å². The Morgan fingerprint density at radius 1 is 1.00 bits per heavy atom. The van der Waals surface area contributed by atoms with E-state index in [4.69, 9.17) is 0 Å². The Labute approximate surface area is 194 Å². The van der Waals surface area contributed by atoms with E-state index in [1.807, 2.05) is 9.80 Å². The van der Waals surface area contributed by atoms with Crippen LogP contribution < -0.4 is 14.7 Å². The molecular weight excluding hydrogens is 446 g/mol. The van der Waals surface area contributed by atoms with Crippen LogP contribution in [0.15, 0.2) is 24.3 Å². The van der Waals surface area contributed by atoms with Crippen molar-refractivity contribution in [3.8, 4) is 0 Å². The minimum atomic E-state index is -0.405. The molecule has 0 bridgehead atoms. The summed E-state index contributed by atoms with van der Waals surface area (Å²) in [5.41, 5.74) is 0.996. The fourth-order valence-electron chi connectivity index (χ4n) is 4.72. The van der Waals surface area contributed by atoms with E-state index < -0.39 is 4.92 Å². The van der Waals surface area contributed by atoms with Crippen LogP contribution in [0.4, 0.5) is 21.6 Å². The molecule has 2 aromatic rings. The highest BCUT2D eigenvalue weighted by Crippen LogP contribution is 2.34. The SMILES string of the molecule is O=C(C1CCCN1c1nnc(N2CCCC2=O)s1)N1CCN(c2ccc([N+](=O)[O-])cc2)CC1. The maximum Gasteiger partial charge on any atom is 0.269 e. The van der Waals surface area contributed by atoms with E-state index in [1.165, 1.54) is 23.5 Å². The molecule has 2 amide bonds. The molecule has 3 saturated heterocycles. The van der Waals surface area contributed by atoms with Crippen LogP contribution in [0.2, 0.25) is 0 Å². The van der Waals surface area contributed by atoms with Crippen LogP contribution in [0.5, 0.6) is 0 Å². The highest BCUT2D eigenvalue weighted by molar-refractivity contribution is 7.19. The van der Waals surface area contributed by atoms with Crippen LogP contribution in [0.25, 0.3) is 0 Å². The largest absolute Gasteiger partial charge is 0.368 e. The van der Waals surface area contributed by atoms with E-state index in [1.54, 1.807) is 17.0 Å². The molecule has 1 unspecified atom stereocenters.